The number of hydrogen-bond donors (Lipinski definition) is 3. The van der Waals surface area contributed by atoms with Gasteiger partial charge in [0.2, 0.25) is 5.91 Å². The first-order chi connectivity index (χ1) is 8.72. The normalized spacial score (nSPS) is 27.2. The molecule has 18 heavy (non-hydrogen) atoms. The van der Waals surface area contributed by atoms with E-state index in [0.717, 1.165) is 11.6 Å². The van der Waals surface area contributed by atoms with E-state index in [-0.39, 0.29) is 11.9 Å². The van der Waals surface area contributed by atoms with Crippen molar-refractivity contribution in [3.63, 3.8) is 0 Å². The van der Waals surface area contributed by atoms with Gasteiger partial charge in [-0.15, -0.1) is 0 Å². The highest BCUT2D eigenvalue weighted by atomic mass is 16.3. The van der Waals surface area contributed by atoms with Crippen LogP contribution in [0.15, 0.2) is 24.3 Å². The van der Waals surface area contributed by atoms with E-state index in [1.54, 1.807) is 0 Å². The van der Waals surface area contributed by atoms with Gasteiger partial charge in [-0.05, 0) is 42.9 Å². The lowest BCUT2D eigenvalue weighted by Crippen LogP contribution is -2.35. The Labute approximate surface area is 106 Å². The average molecular weight is 246 g/mol. The van der Waals surface area contributed by atoms with E-state index in [9.17, 15) is 9.90 Å². The molecule has 3 rings (SSSR count). The van der Waals surface area contributed by atoms with E-state index in [4.69, 9.17) is 0 Å². The largest absolute Gasteiger partial charge is 0.392 e. The lowest BCUT2D eigenvalue weighted by Gasteiger charge is -2.11. The summed E-state index contributed by atoms with van der Waals surface area (Å²) in [4.78, 5) is 11.9. The molecule has 0 aromatic heterocycles. The van der Waals surface area contributed by atoms with Crippen LogP contribution in [0.3, 0.4) is 0 Å². The van der Waals surface area contributed by atoms with Gasteiger partial charge in [0.15, 0.2) is 0 Å². The van der Waals surface area contributed by atoms with Crippen LogP contribution in [0.2, 0.25) is 0 Å². The van der Waals surface area contributed by atoms with E-state index >= 15 is 0 Å². The minimum Gasteiger partial charge on any atom is -0.392 e. The highest BCUT2D eigenvalue weighted by Gasteiger charge is 2.28. The number of hydrogen-bond acceptors (Lipinski definition) is 3. The molecule has 1 amide bonds. The zero-order chi connectivity index (χ0) is 12.5. The van der Waals surface area contributed by atoms with Gasteiger partial charge in [0.25, 0.3) is 0 Å². The standard InChI is InChI=1S/C14H18N2O2/c17-12-7-13(15-8-12)14(18)16-11-5-3-10(4-6-11)9-1-2-9/h3-6,9,12-13,15,17H,1-2,7-8H2,(H,16,18). The van der Waals surface area contributed by atoms with Crippen molar-refractivity contribution < 1.29 is 9.90 Å². The molecule has 0 bridgehead atoms. The van der Waals surface area contributed by atoms with Crippen molar-refractivity contribution in [2.45, 2.75) is 37.3 Å². The lowest BCUT2D eigenvalue weighted by atomic mass is 10.1. The number of aliphatic hydroxyl groups is 1. The van der Waals surface area contributed by atoms with Gasteiger partial charge < -0.3 is 15.7 Å². The fraction of sp³-hybridized carbons (Fsp3) is 0.500. The highest BCUT2D eigenvalue weighted by Crippen LogP contribution is 2.40. The average Bonchev–Trinajstić information content (AvgIpc) is 3.12. The molecule has 2 unspecified atom stereocenters. The first kappa shape index (κ1) is 11.7. The van der Waals surface area contributed by atoms with E-state index in [1.807, 2.05) is 12.1 Å². The molecule has 1 aromatic carbocycles. The van der Waals surface area contributed by atoms with Crippen LogP contribution in [-0.4, -0.2) is 29.7 Å². The van der Waals surface area contributed by atoms with Crippen LogP contribution in [-0.2, 0) is 4.79 Å². The summed E-state index contributed by atoms with van der Waals surface area (Å²) in [7, 11) is 0. The Bertz CT molecular complexity index is 440. The Balaban J connectivity index is 1.59. The highest BCUT2D eigenvalue weighted by molar-refractivity contribution is 5.95. The van der Waals surface area contributed by atoms with Gasteiger partial charge in [-0.3, -0.25) is 4.79 Å². The summed E-state index contributed by atoms with van der Waals surface area (Å²) in [5, 5.41) is 15.3. The van der Waals surface area contributed by atoms with Crippen molar-refractivity contribution in [1.29, 1.82) is 0 Å². The predicted molar refractivity (Wildman–Crippen MR) is 69.5 cm³/mol. The summed E-state index contributed by atoms with van der Waals surface area (Å²) < 4.78 is 0. The molecule has 1 aliphatic heterocycles. The molecule has 2 fully saturated rings. The SMILES string of the molecule is O=C(Nc1ccc(C2CC2)cc1)C1CC(O)CN1. The molecular weight excluding hydrogens is 228 g/mol. The minimum absolute atomic E-state index is 0.0641. The Morgan fingerprint density at radius 3 is 2.56 bits per heavy atom. The third kappa shape index (κ3) is 2.54. The van der Waals surface area contributed by atoms with Crippen LogP contribution >= 0.6 is 0 Å². The Morgan fingerprint density at radius 2 is 2.00 bits per heavy atom. The summed E-state index contributed by atoms with van der Waals surface area (Å²) in [6.07, 6.45) is 2.66. The zero-order valence-corrected chi connectivity index (χ0v) is 10.2. The van der Waals surface area contributed by atoms with Gasteiger partial charge in [0.05, 0.1) is 12.1 Å². The van der Waals surface area contributed by atoms with Crippen LogP contribution in [0.5, 0.6) is 0 Å². The Hall–Kier alpha value is -1.39. The van der Waals surface area contributed by atoms with Crippen LogP contribution in [0, 0.1) is 0 Å². The van der Waals surface area contributed by atoms with Crippen molar-refractivity contribution in [2.24, 2.45) is 0 Å². The fourth-order valence-corrected chi connectivity index (χ4v) is 2.40. The number of carbonyl (C=O) groups excluding carboxylic acids is 1. The molecule has 1 saturated heterocycles. The molecule has 96 valence electrons. The van der Waals surface area contributed by atoms with Crippen LogP contribution in [0.1, 0.15) is 30.7 Å². The van der Waals surface area contributed by atoms with Crippen molar-refractivity contribution >= 4 is 11.6 Å². The minimum atomic E-state index is -0.405. The van der Waals surface area contributed by atoms with Crippen molar-refractivity contribution in [1.82, 2.24) is 5.32 Å². The summed E-state index contributed by atoms with van der Waals surface area (Å²) in [5.41, 5.74) is 2.19. The molecule has 0 spiro atoms. The van der Waals surface area contributed by atoms with E-state index in [0.29, 0.717) is 13.0 Å². The van der Waals surface area contributed by atoms with Crippen molar-refractivity contribution in [3.05, 3.63) is 29.8 Å². The number of carbonyl (C=O) groups is 1. The molecule has 2 atom stereocenters. The number of benzene rings is 1. The molecule has 4 nitrogen and oxygen atoms in total. The number of nitrogens with one attached hydrogen (secondary N) is 2. The van der Waals surface area contributed by atoms with E-state index in [1.165, 1.54) is 18.4 Å². The fourth-order valence-electron chi connectivity index (χ4n) is 2.40. The van der Waals surface area contributed by atoms with E-state index < -0.39 is 6.10 Å². The number of rotatable bonds is 3. The number of β-amino-alcohol motifs (C(OH)–C–C–N with tert-alkyl or cyclic N) is 1. The van der Waals surface area contributed by atoms with Gasteiger partial charge in [0.1, 0.15) is 0 Å². The number of aliphatic hydroxyl groups excluding tert-OH is 1. The van der Waals surface area contributed by atoms with Gasteiger partial charge in [0, 0.05) is 12.2 Å². The molecular formula is C14H18N2O2. The molecule has 1 aliphatic carbocycles. The molecule has 0 radical (unpaired) electrons. The van der Waals surface area contributed by atoms with Gasteiger partial charge >= 0.3 is 0 Å². The molecule has 1 heterocycles. The molecule has 4 heteroatoms. The molecule has 3 N–H and O–H groups in total. The first-order valence-electron chi connectivity index (χ1n) is 6.54. The third-order valence-corrected chi connectivity index (χ3v) is 3.65. The lowest BCUT2D eigenvalue weighted by molar-refractivity contribution is -0.117. The maximum atomic E-state index is 11.9. The van der Waals surface area contributed by atoms with E-state index in [2.05, 4.69) is 22.8 Å². The van der Waals surface area contributed by atoms with Crippen molar-refractivity contribution in [2.75, 3.05) is 11.9 Å². The van der Waals surface area contributed by atoms with Crippen LogP contribution in [0.25, 0.3) is 0 Å². The van der Waals surface area contributed by atoms with Gasteiger partial charge in [-0.2, -0.15) is 0 Å². The van der Waals surface area contributed by atoms with Crippen LogP contribution < -0.4 is 10.6 Å². The molecule has 2 aliphatic rings. The first-order valence-corrected chi connectivity index (χ1v) is 6.54. The third-order valence-electron chi connectivity index (χ3n) is 3.65. The second kappa shape index (κ2) is 4.71. The summed E-state index contributed by atoms with van der Waals surface area (Å²) in [6, 6.07) is 7.81. The molecule has 1 aromatic rings. The maximum Gasteiger partial charge on any atom is 0.241 e. The maximum absolute atomic E-state index is 11.9. The summed E-state index contributed by atoms with van der Waals surface area (Å²) in [6.45, 7) is 0.499. The monoisotopic (exact) mass is 246 g/mol. The Morgan fingerprint density at radius 1 is 1.28 bits per heavy atom. The summed E-state index contributed by atoms with van der Waals surface area (Å²) in [5.74, 6) is 0.673. The summed E-state index contributed by atoms with van der Waals surface area (Å²) >= 11 is 0. The molecule has 1 saturated carbocycles. The second-order valence-electron chi connectivity index (χ2n) is 5.24. The number of anilines is 1. The van der Waals surface area contributed by atoms with Crippen molar-refractivity contribution in [3.8, 4) is 0 Å². The number of amides is 1. The van der Waals surface area contributed by atoms with Crippen LogP contribution in [0.4, 0.5) is 5.69 Å². The predicted octanol–water partition coefficient (Wildman–Crippen LogP) is 1.23. The second-order valence-corrected chi connectivity index (χ2v) is 5.24. The quantitative estimate of drug-likeness (QED) is 0.751. The smallest absolute Gasteiger partial charge is 0.241 e. The van der Waals surface area contributed by atoms with Gasteiger partial charge in [-0.1, -0.05) is 12.1 Å². The Kier molecular flexibility index (Phi) is 3.06. The topological polar surface area (TPSA) is 61.4 Å². The zero-order valence-electron chi connectivity index (χ0n) is 10.2. The van der Waals surface area contributed by atoms with Gasteiger partial charge in [-0.25, -0.2) is 0 Å².